The van der Waals surface area contributed by atoms with Crippen molar-refractivity contribution in [2.45, 2.75) is 12.8 Å². The van der Waals surface area contributed by atoms with E-state index in [1.54, 1.807) is 0 Å². The molecule has 0 spiro atoms. The molecule has 0 radical (unpaired) electrons. The van der Waals surface area contributed by atoms with E-state index >= 15 is 0 Å². The van der Waals surface area contributed by atoms with E-state index in [9.17, 15) is 0 Å². The second-order valence-corrected chi connectivity index (χ2v) is 3.91. The van der Waals surface area contributed by atoms with Crippen LogP contribution in [0.25, 0.3) is 4.91 Å². The van der Waals surface area contributed by atoms with E-state index < -0.39 is 0 Å². The molecule has 62 valence electrons. The maximum Gasteiger partial charge on any atom is 0.0762 e. The van der Waals surface area contributed by atoms with Crippen LogP contribution in [0.15, 0.2) is 30.5 Å². The summed E-state index contributed by atoms with van der Waals surface area (Å²) < 4.78 is 0. The van der Waals surface area contributed by atoms with Gasteiger partial charge in [0.2, 0.25) is 0 Å². The molecular formula is C10H11NS. The molecule has 12 heavy (non-hydrogen) atoms. The topological polar surface area (TPSA) is 12.9 Å². The average molecular weight is 177 g/mol. The predicted octanol–water partition coefficient (Wildman–Crippen LogP) is 2.95. The van der Waals surface area contributed by atoms with E-state index in [1.807, 2.05) is 30.1 Å². The van der Waals surface area contributed by atoms with E-state index in [-0.39, 0.29) is 0 Å². The fourth-order valence-electron chi connectivity index (χ4n) is 1.24. The minimum Gasteiger partial charge on any atom is -0.256 e. The van der Waals surface area contributed by atoms with Crippen LogP contribution in [0.2, 0.25) is 0 Å². The summed E-state index contributed by atoms with van der Waals surface area (Å²) >= 11 is 1.91. The lowest BCUT2D eigenvalue weighted by molar-refractivity contribution is 0.967. The number of aromatic nitrogens is 1. The summed E-state index contributed by atoms with van der Waals surface area (Å²) in [6.45, 7) is 0. The summed E-state index contributed by atoms with van der Waals surface area (Å²) in [6, 6.07) is 6.07. The zero-order chi connectivity index (χ0) is 8.23. The van der Waals surface area contributed by atoms with Crippen LogP contribution in [-0.4, -0.2) is 10.7 Å². The van der Waals surface area contributed by atoms with Crippen LogP contribution in [-0.2, 0) is 0 Å². The molecule has 0 N–H and O–H groups in total. The molecule has 1 aromatic heterocycles. The molecule has 0 unspecified atom stereocenters. The molecule has 2 heterocycles. The van der Waals surface area contributed by atoms with Gasteiger partial charge in [0.1, 0.15) is 0 Å². The van der Waals surface area contributed by atoms with Crippen molar-refractivity contribution in [2.24, 2.45) is 0 Å². The highest BCUT2D eigenvalue weighted by atomic mass is 32.2. The van der Waals surface area contributed by atoms with Crippen molar-refractivity contribution in [3.8, 4) is 0 Å². The van der Waals surface area contributed by atoms with Gasteiger partial charge in [0.05, 0.1) is 5.69 Å². The zero-order valence-corrected chi connectivity index (χ0v) is 7.68. The van der Waals surface area contributed by atoms with E-state index in [2.05, 4.69) is 17.1 Å². The molecule has 0 aromatic carbocycles. The van der Waals surface area contributed by atoms with Crippen molar-refractivity contribution in [3.05, 3.63) is 36.2 Å². The van der Waals surface area contributed by atoms with Crippen LogP contribution in [0.1, 0.15) is 18.5 Å². The standard InChI is InChI=1S/C10H11NS/c1-3-7-11-9(5-1)10-6-2-4-8-12-10/h1,3,5-7H,2,4,8H2. The first-order chi connectivity index (χ1) is 5.97. The highest BCUT2D eigenvalue weighted by Gasteiger charge is 2.06. The minimum absolute atomic E-state index is 1.13. The number of thioether (sulfide) groups is 1. The summed E-state index contributed by atoms with van der Waals surface area (Å²) in [6.07, 6.45) is 6.65. The van der Waals surface area contributed by atoms with Gasteiger partial charge >= 0.3 is 0 Å². The van der Waals surface area contributed by atoms with Gasteiger partial charge in [-0.3, -0.25) is 4.98 Å². The third-order valence-corrected chi connectivity index (χ3v) is 3.03. The average Bonchev–Trinajstić information content (AvgIpc) is 2.21. The molecule has 0 saturated carbocycles. The molecule has 0 saturated heterocycles. The van der Waals surface area contributed by atoms with Crippen LogP contribution >= 0.6 is 11.8 Å². The number of hydrogen-bond donors (Lipinski definition) is 0. The van der Waals surface area contributed by atoms with Crippen molar-refractivity contribution < 1.29 is 0 Å². The van der Waals surface area contributed by atoms with Crippen molar-refractivity contribution >= 4 is 16.7 Å². The molecule has 2 heteroatoms. The summed E-state index contributed by atoms with van der Waals surface area (Å²) in [5.41, 5.74) is 1.13. The minimum atomic E-state index is 1.13. The lowest BCUT2D eigenvalue weighted by Gasteiger charge is -2.10. The van der Waals surface area contributed by atoms with Crippen molar-refractivity contribution in [1.29, 1.82) is 0 Å². The Morgan fingerprint density at radius 1 is 1.33 bits per heavy atom. The Morgan fingerprint density at radius 2 is 2.33 bits per heavy atom. The molecule has 2 rings (SSSR count). The van der Waals surface area contributed by atoms with Gasteiger partial charge in [-0.15, -0.1) is 11.8 Å². The van der Waals surface area contributed by atoms with Crippen molar-refractivity contribution in [2.75, 3.05) is 5.75 Å². The fraction of sp³-hybridized carbons (Fsp3) is 0.300. The number of allylic oxidation sites excluding steroid dienone is 1. The van der Waals surface area contributed by atoms with E-state index in [1.165, 1.54) is 23.5 Å². The summed E-state index contributed by atoms with van der Waals surface area (Å²) in [7, 11) is 0. The molecule has 0 bridgehead atoms. The maximum absolute atomic E-state index is 4.31. The molecular weight excluding hydrogens is 166 g/mol. The Balaban J connectivity index is 2.24. The smallest absolute Gasteiger partial charge is 0.0762 e. The highest BCUT2D eigenvalue weighted by Crippen LogP contribution is 2.30. The molecule has 0 aliphatic carbocycles. The van der Waals surface area contributed by atoms with E-state index in [0.717, 1.165) is 5.69 Å². The number of nitrogens with zero attached hydrogens (tertiary/aromatic N) is 1. The Bertz CT molecular complexity index is 279. The summed E-state index contributed by atoms with van der Waals surface area (Å²) in [5, 5.41) is 0. The molecule has 0 fully saturated rings. The van der Waals surface area contributed by atoms with Crippen LogP contribution in [0.3, 0.4) is 0 Å². The Morgan fingerprint density at radius 3 is 3.00 bits per heavy atom. The normalized spacial score (nSPS) is 17.2. The first kappa shape index (κ1) is 7.87. The van der Waals surface area contributed by atoms with Gasteiger partial charge in [-0.2, -0.15) is 0 Å². The first-order valence-corrected chi connectivity index (χ1v) is 5.20. The lowest BCUT2D eigenvalue weighted by atomic mass is 10.2. The van der Waals surface area contributed by atoms with Crippen LogP contribution in [0, 0.1) is 0 Å². The van der Waals surface area contributed by atoms with Gasteiger partial charge < -0.3 is 0 Å². The van der Waals surface area contributed by atoms with Crippen molar-refractivity contribution in [3.63, 3.8) is 0 Å². The quantitative estimate of drug-likeness (QED) is 0.654. The monoisotopic (exact) mass is 177 g/mol. The predicted molar refractivity (Wildman–Crippen MR) is 53.9 cm³/mol. The molecule has 1 aliphatic heterocycles. The lowest BCUT2D eigenvalue weighted by Crippen LogP contribution is -1.91. The number of rotatable bonds is 1. The highest BCUT2D eigenvalue weighted by molar-refractivity contribution is 8.08. The molecule has 1 nitrogen and oxygen atoms in total. The van der Waals surface area contributed by atoms with Gasteiger partial charge in [-0.25, -0.2) is 0 Å². The third-order valence-electron chi connectivity index (χ3n) is 1.85. The van der Waals surface area contributed by atoms with E-state index in [0.29, 0.717) is 0 Å². The number of hydrogen-bond acceptors (Lipinski definition) is 2. The Labute approximate surface area is 76.9 Å². The third kappa shape index (κ3) is 1.69. The van der Waals surface area contributed by atoms with E-state index in [4.69, 9.17) is 0 Å². The van der Waals surface area contributed by atoms with Crippen LogP contribution in [0.5, 0.6) is 0 Å². The Kier molecular flexibility index (Phi) is 2.47. The summed E-state index contributed by atoms with van der Waals surface area (Å²) in [4.78, 5) is 5.66. The van der Waals surface area contributed by atoms with Gasteiger partial charge in [0.25, 0.3) is 0 Å². The second-order valence-electron chi connectivity index (χ2n) is 2.77. The zero-order valence-electron chi connectivity index (χ0n) is 6.86. The maximum atomic E-state index is 4.31. The van der Waals surface area contributed by atoms with Gasteiger partial charge in [0, 0.05) is 11.1 Å². The molecule has 0 amide bonds. The first-order valence-electron chi connectivity index (χ1n) is 4.21. The van der Waals surface area contributed by atoms with Crippen LogP contribution in [0.4, 0.5) is 0 Å². The fourth-order valence-corrected chi connectivity index (χ4v) is 2.28. The van der Waals surface area contributed by atoms with Gasteiger partial charge in [0.15, 0.2) is 0 Å². The Hall–Kier alpha value is -0.760. The largest absolute Gasteiger partial charge is 0.256 e. The molecule has 1 aliphatic rings. The second kappa shape index (κ2) is 3.76. The summed E-state index contributed by atoms with van der Waals surface area (Å²) in [5.74, 6) is 1.24. The van der Waals surface area contributed by atoms with Crippen molar-refractivity contribution in [1.82, 2.24) is 4.98 Å². The van der Waals surface area contributed by atoms with Crippen LogP contribution < -0.4 is 0 Å². The molecule has 1 aromatic rings. The number of pyridine rings is 1. The van der Waals surface area contributed by atoms with Gasteiger partial charge in [-0.05, 0) is 30.7 Å². The van der Waals surface area contributed by atoms with Gasteiger partial charge in [-0.1, -0.05) is 12.1 Å². The SMILES string of the molecule is C1=C(c2ccccn2)SCCC1. The molecule has 0 atom stereocenters.